The molecule has 1 amide bonds. The van der Waals surface area contributed by atoms with Crippen LogP contribution in [-0.2, 0) is 9.05 Å². The molecule has 1 aromatic heterocycles. The minimum absolute atomic E-state index is 0.0241. The van der Waals surface area contributed by atoms with Gasteiger partial charge in [0.05, 0.1) is 9.77 Å². The molecule has 0 radical (unpaired) electrons. The van der Waals surface area contributed by atoms with E-state index in [-0.39, 0.29) is 10.8 Å². The number of thiophene rings is 1. The van der Waals surface area contributed by atoms with Gasteiger partial charge in [0.2, 0.25) is 0 Å². The van der Waals surface area contributed by atoms with Crippen molar-refractivity contribution in [3.63, 3.8) is 0 Å². The van der Waals surface area contributed by atoms with E-state index in [4.69, 9.17) is 10.7 Å². The Balaban J connectivity index is 2.04. The van der Waals surface area contributed by atoms with Crippen molar-refractivity contribution in [3.8, 4) is 0 Å². The zero-order chi connectivity index (χ0) is 14.4. The lowest BCUT2D eigenvalue weighted by molar-refractivity contribution is 0.0954. The highest BCUT2D eigenvalue weighted by Gasteiger charge is 2.45. The summed E-state index contributed by atoms with van der Waals surface area (Å²) in [6, 6.07) is 1.34. The summed E-state index contributed by atoms with van der Waals surface area (Å²) in [5, 5.41) is 2.84. The molecule has 1 fully saturated rings. The van der Waals surface area contributed by atoms with Gasteiger partial charge < -0.3 is 5.32 Å². The average molecular weight is 322 g/mol. The van der Waals surface area contributed by atoms with Gasteiger partial charge in [0.1, 0.15) is 0 Å². The molecule has 1 aliphatic carbocycles. The Hall–Kier alpha value is -0.590. The summed E-state index contributed by atoms with van der Waals surface area (Å²) < 4.78 is 22.6. The molecule has 0 aliphatic heterocycles. The maximum absolute atomic E-state index is 11.9. The predicted octanol–water partition coefficient (Wildman–Crippen LogP) is 2.76. The topological polar surface area (TPSA) is 63.2 Å². The second-order valence-corrected chi connectivity index (χ2v) is 9.36. The van der Waals surface area contributed by atoms with Crippen LogP contribution in [0.3, 0.4) is 0 Å². The Morgan fingerprint density at radius 1 is 1.58 bits per heavy atom. The van der Waals surface area contributed by atoms with Crippen LogP contribution in [0.2, 0.25) is 0 Å². The maximum atomic E-state index is 11.9. The van der Waals surface area contributed by atoms with Gasteiger partial charge >= 0.3 is 0 Å². The molecule has 4 nitrogen and oxygen atoms in total. The number of halogens is 1. The zero-order valence-corrected chi connectivity index (χ0v) is 13.4. The van der Waals surface area contributed by atoms with E-state index in [2.05, 4.69) is 19.2 Å². The number of rotatable bonds is 4. The Morgan fingerprint density at radius 3 is 2.58 bits per heavy atom. The van der Waals surface area contributed by atoms with Crippen LogP contribution >= 0.6 is 22.0 Å². The van der Waals surface area contributed by atoms with Crippen molar-refractivity contribution in [1.82, 2.24) is 5.32 Å². The van der Waals surface area contributed by atoms with E-state index in [0.717, 1.165) is 17.8 Å². The van der Waals surface area contributed by atoms with Gasteiger partial charge in [-0.15, -0.1) is 11.3 Å². The maximum Gasteiger partial charge on any atom is 0.262 e. The molecule has 1 aliphatic rings. The van der Waals surface area contributed by atoms with Crippen LogP contribution in [0.15, 0.2) is 11.0 Å². The minimum Gasteiger partial charge on any atom is -0.351 e. The monoisotopic (exact) mass is 321 g/mol. The summed E-state index contributed by atoms with van der Waals surface area (Å²) >= 11 is 1.15. The van der Waals surface area contributed by atoms with Crippen LogP contribution < -0.4 is 5.32 Å². The molecular weight excluding hydrogens is 306 g/mol. The summed E-state index contributed by atoms with van der Waals surface area (Å²) in [7, 11) is 1.52. The van der Waals surface area contributed by atoms with Crippen molar-refractivity contribution in [2.45, 2.75) is 32.1 Å². The van der Waals surface area contributed by atoms with Crippen molar-refractivity contribution < 1.29 is 13.2 Å². The van der Waals surface area contributed by atoms with Crippen molar-refractivity contribution in [3.05, 3.63) is 15.8 Å². The lowest BCUT2D eigenvalue weighted by Crippen LogP contribution is -2.25. The number of amides is 1. The van der Waals surface area contributed by atoms with Gasteiger partial charge in [0, 0.05) is 22.1 Å². The van der Waals surface area contributed by atoms with Crippen LogP contribution in [0.5, 0.6) is 0 Å². The molecule has 0 bridgehead atoms. The van der Waals surface area contributed by atoms with Crippen molar-refractivity contribution in [2.75, 3.05) is 6.54 Å². The lowest BCUT2D eigenvalue weighted by Gasteiger charge is -2.04. The summed E-state index contributed by atoms with van der Waals surface area (Å²) in [5.41, 5.74) is 0.309. The SMILES string of the molecule is Cc1sc(C(=O)NCC2CC2(C)C)cc1S(=O)(=O)Cl. The van der Waals surface area contributed by atoms with E-state index >= 15 is 0 Å². The molecular formula is C12H16ClNO3S2. The highest BCUT2D eigenvalue weighted by atomic mass is 35.7. The molecule has 2 rings (SSSR count). The predicted molar refractivity (Wildman–Crippen MR) is 76.3 cm³/mol. The van der Waals surface area contributed by atoms with E-state index in [1.807, 2.05) is 0 Å². The number of carbonyl (C=O) groups is 1. The van der Waals surface area contributed by atoms with Gasteiger partial charge in [0.15, 0.2) is 0 Å². The fourth-order valence-electron chi connectivity index (χ4n) is 2.05. The smallest absolute Gasteiger partial charge is 0.262 e. The highest BCUT2D eigenvalue weighted by molar-refractivity contribution is 8.13. The minimum atomic E-state index is -3.78. The van der Waals surface area contributed by atoms with Gasteiger partial charge in [-0.2, -0.15) is 0 Å². The van der Waals surface area contributed by atoms with Gasteiger partial charge in [-0.3, -0.25) is 4.79 Å². The van der Waals surface area contributed by atoms with Crippen LogP contribution in [-0.4, -0.2) is 20.9 Å². The molecule has 0 saturated heterocycles. The molecule has 19 heavy (non-hydrogen) atoms. The Kier molecular flexibility index (Phi) is 3.70. The Morgan fingerprint density at radius 2 is 2.16 bits per heavy atom. The fraction of sp³-hybridized carbons (Fsp3) is 0.583. The molecule has 7 heteroatoms. The number of carbonyl (C=O) groups excluding carboxylic acids is 1. The molecule has 0 aromatic carbocycles. The van der Waals surface area contributed by atoms with Crippen LogP contribution in [0.1, 0.15) is 34.8 Å². The summed E-state index contributed by atoms with van der Waals surface area (Å²) in [4.78, 5) is 12.9. The molecule has 1 aromatic rings. The third-order valence-corrected chi connectivity index (χ3v) is 6.21. The molecule has 1 unspecified atom stereocenters. The average Bonchev–Trinajstić information content (AvgIpc) is 2.69. The largest absolute Gasteiger partial charge is 0.351 e. The van der Waals surface area contributed by atoms with Gasteiger partial charge in [0.25, 0.3) is 15.0 Å². The molecule has 1 heterocycles. The Labute approximate surface area is 121 Å². The Bertz CT molecular complexity index is 619. The van der Waals surface area contributed by atoms with E-state index in [1.165, 1.54) is 6.07 Å². The third kappa shape index (κ3) is 3.30. The standard InChI is InChI=1S/C12H16ClNO3S2/c1-7-10(19(13,16)17)4-9(18-7)11(15)14-6-8-5-12(8,2)3/h4,8H,5-6H2,1-3H3,(H,14,15). The zero-order valence-electron chi connectivity index (χ0n) is 11.0. The van der Waals surface area contributed by atoms with Crippen molar-refractivity contribution in [2.24, 2.45) is 11.3 Å². The lowest BCUT2D eigenvalue weighted by atomic mass is 10.1. The quantitative estimate of drug-likeness (QED) is 0.867. The molecule has 1 saturated carbocycles. The van der Waals surface area contributed by atoms with E-state index in [0.29, 0.717) is 27.6 Å². The van der Waals surface area contributed by atoms with Crippen molar-refractivity contribution in [1.29, 1.82) is 0 Å². The molecule has 0 spiro atoms. The summed E-state index contributed by atoms with van der Waals surface area (Å²) in [5.74, 6) is 0.274. The number of hydrogen-bond donors (Lipinski definition) is 1. The van der Waals surface area contributed by atoms with E-state index in [9.17, 15) is 13.2 Å². The van der Waals surface area contributed by atoms with Crippen LogP contribution in [0.4, 0.5) is 0 Å². The molecule has 106 valence electrons. The second kappa shape index (κ2) is 4.75. The van der Waals surface area contributed by atoms with E-state index < -0.39 is 9.05 Å². The number of aryl methyl sites for hydroxylation is 1. The second-order valence-electron chi connectivity index (χ2n) is 5.57. The van der Waals surface area contributed by atoms with Crippen LogP contribution in [0.25, 0.3) is 0 Å². The first kappa shape index (κ1) is 14.8. The molecule has 1 N–H and O–H groups in total. The number of hydrogen-bond acceptors (Lipinski definition) is 4. The first-order valence-corrected chi connectivity index (χ1v) is 9.07. The first-order valence-electron chi connectivity index (χ1n) is 5.94. The fourth-order valence-corrected chi connectivity index (χ4v) is 4.63. The van der Waals surface area contributed by atoms with E-state index in [1.54, 1.807) is 6.92 Å². The van der Waals surface area contributed by atoms with Crippen molar-refractivity contribution >= 4 is 37.0 Å². The first-order chi connectivity index (χ1) is 8.61. The number of nitrogens with one attached hydrogen (secondary N) is 1. The molecule has 1 atom stereocenters. The highest BCUT2D eigenvalue weighted by Crippen LogP contribution is 2.51. The van der Waals surface area contributed by atoms with Gasteiger partial charge in [-0.1, -0.05) is 13.8 Å². The summed E-state index contributed by atoms with van der Waals surface area (Å²) in [6.45, 7) is 6.60. The van der Waals surface area contributed by atoms with Gasteiger partial charge in [-0.25, -0.2) is 8.42 Å². The third-order valence-electron chi connectivity index (χ3n) is 3.59. The van der Waals surface area contributed by atoms with Crippen LogP contribution in [0, 0.1) is 18.3 Å². The normalized spacial score (nSPS) is 21.2. The summed E-state index contributed by atoms with van der Waals surface area (Å²) in [6.07, 6.45) is 1.11. The van der Waals surface area contributed by atoms with Gasteiger partial charge in [-0.05, 0) is 30.7 Å².